The molecule has 0 amide bonds. The van der Waals surface area contributed by atoms with Crippen molar-refractivity contribution in [1.82, 2.24) is 4.98 Å². The summed E-state index contributed by atoms with van der Waals surface area (Å²) in [6.45, 7) is 3.23. The van der Waals surface area contributed by atoms with Crippen LogP contribution in [0.15, 0.2) is 42.6 Å². The molecule has 2 aromatic rings. The lowest BCUT2D eigenvalue weighted by Gasteiger charge is -2.16. The molecule has 4 heteroatoms. The van der Waals surface area contributed by atoms with Crippen molar-refractivity contribution in [2.75, 3.05) is 29.9 Å². The maximum atomic E-state index is 8.92. The van der Waals surface area contributed by atoms with Crippen LogP contribution in [0, 0.1) is 0 Å². The summed E-state index contributed by atoms with van der Waals surface area (Å²) in [5.41, 5.74) is 3.43. The summed E-state index contributed by atoms with van der Waals surface area (Å²) in [7, 11) is 0. The third kappa shape index (κ3) is 3.77. The number of rotatable bonds is 6. The molecule has 0 radical (unpaired) electrons. The van der Waals surface area contributed by atoms with Crippen molar-refractivity contribution < 1.29 is 5.11 Å². The van der Waals surface area contributed by atoms with Crippen LogP contribution in [0.5, 0.6) is 0 Å². The van der Waals surface area contributed by atoms with E-state index in [0.29, 0.717) is 6.42 Å². The van der Waals surface area contributed by atoms with E-state index < -0.39 is 0 Å². The lowest BCUT2D eigenvalue weighted by atomic mass is 10.1. The smallest absolute Gasteiger partial charge is 0.128 e. The Kier molecular flexibility index (Phi) is 4.91. The van der Waals surface area contributed by atoms with Gasteiger partial charge in [-0.3, -0.25) is 0 Å². The molecule has 1 aliphatic heterocycles. The van der Waals surface area contributed by atoms with Gasteiger partial charge in [0, 0.05) is 38.1 Å². The molecule has 0 spiro atoms. The summed E-state index contributed by atoms with van der Waals surface area (Å²) in [5, 5.41) is 12.3. The SMILES string of the molecule is OCCc1ccc(NCc2ccc(N3CCCC3)nc2)cc1. The number of aliphatic hydroxyl groups is 1. The van der Waals surface area contributed by atoms with Crippen LogP contribution in [0.2, 0.25) is 0 Å². The van der Waals surface area contributed by atoms with E-state index in [2.05, 4.69) is 39.5 Å². The molecule has 3 rings (SSSR count). The number of aliphatic hydroxyl groups excluding tert-OH is 1. The standard InChI is InChI=1S/C18H23N3O/c22-12-9-15-3-6-17(7-4-15)19-13-16-5-8-18(20-14-16)21-10-1-2-11-21/h3-8,14,19,22H,1-2,9-13H2. The summed E-state index contributed by atoms with van der Waals surface area (Å²) in [5.74, 6) is 1.09. The molecule has 1 aliphatic rings. The zero-order valence-corrected chi connectivity index (χ0v) is 12.8. The van der Waals surface area contributed by atoms with Gasteiger partial charge in [-0.2, -0.15) is 0 Å². The summed E-state index contributed by atoms with van der Waals surface area (Å²) >= 11 is 0. The predicted octanol–water partition coefficient (Wildman–Crippen LogP) is 2.83. The molecule has 1 aromatic heterocycles. The number of anilines is 2. The van der Waals surface area contributed by atoms with Crippen molar-refractivity contribution >= 4 is 11.5 Å². The second-order valence-corrected chi connectivity index (χ2v) is 5.74. The van der Waals surface area contributed by atoms with Crippen LogP contribution in [0.25, 0.3) is 0 Å². The van der Waals surface area contributed by atoms with Gasteiger partial charge in [-0.25, -0.2) is 4.98 Å². The van der Waals surface area contributed by atoms with E-state index >= 15 is 0 Å². The highest BCUT2D eigenvalue weighted by molar-refractivity contribution is 5.46. The highest BCUT2D eigenvalue weighted by Gasteiger charge is 2.12. The maximum Gasteiger partial charge on any atom is 0.128 e. The monoisotopic (exact) mass is 297 g/mol. The summed E-state index contributed by atoms with van der Waals surface area (Å²) < 4.78 is 0. The first-order valence-electron chi connectivity index (χ1n) is 7.99. The van der Waals surface area contributed by atoms with Crippen molar-refractivity contribution in [3.63, 3.8) is 0 Å². The Morgan fingerprint density at radius 3 is 2.36 bits per heavy atom. The van der Waals surface area contributed by atoms with Crippen molar-refractivity contribution in [3.05, 3.63) is 53.7 Å². The van der Waals surface area contributed by atoms with Crippen LogP contribution in [-0.4, -0.2) is 29.8 Å². The molecule has 0 unspecified atom stereocenters. The van der Waals surface area contributed by atoms with E-state index in [9.17, 15) is 0 Å². The summed E-state index contributed by atoms with van der Waals surface area (Å²) in [6.07, 6.45) is 5.22. The second kappa shape index (κ2) is 7.27. The molecular formula is C18H23N3O. The Morgan fingerprint density at radius 2 is 1.73 bits per heavy atom. The fourth-order valence-electron chi connectivity index (χ4n) is 2.78. The van der Waals surface area contributed by atoms with Gasteiger partial charge in [-0.05, 0) is 48.6 Å². The average Bonchev–Trinajstić information content (AvgIpc) is 3.09. The van der Waals surface area contributed by atoms with Crippen molar-refractivity contribution in [1.29, 1.82) is 0 Å². The molecule has 1 fully saturated rings. The molecule has 22 heavy (non-hydrogen) atoms. The molecule has 1 aromatic carbocycles. The van der Waals surface area contributed by atoms with Gasteiger partial charge in [0.2, 0.25) is 0 Å². The summed E-state index contributed by atoms with van der Waals surface area (Å²) in [4.78, 5) is 6.91. The minimum Gasteiger partial charge on any atom is -0.396 e. The molecule has 2 N–H and O–H groups in total. The highest BCUT2D eigenvalue weighted by atomic mass is 16.2. The van der Waals surface area contributed by atoms with Crippen molar-refractivity contribution in [3.8, 4) is 0 Å². The van der Waals surface area contributed by atoms with E-state index in [1.807, 2.05) is 18.3 Å². The number of aromatic nitrogens is 1. The maximum absolute atomic E-state index is 8.92. The van der Waals surface area contributed by atoms with E-state index in [-0.39, 0.29) is 6.61 Å². The van der Waals surface area contributed by atoms with E-state index in [0.717, 1.165) is 36.7 Å². The zero-order chi connectivity index (χ0) is 15.2. The fraction of sp³-hybridized carbons (Fsp3) is 0.389. The Labute approximate surface area is 131 Å². The topological polar surface area (TPSA) is 48.4 Å². The van der Waals surface area contributed by atoms with Crippen LogP contribution >= 0.6 is 0 Å². The molecular weight excluding hydrogens is 274 g/mol. The van der Waals surface area contributed by atoms with Gasteiger partial charge >= 0.3 is 0 Å². The third-order valence-electron chi connectivity index (χ3n) is 4.09. The second-order valence-electron chi connectivity index (χ2n) is 5.74. The number of hydrogen-bond acceptors (Lipinski definition) is 4. The minimum absolute atomic E-state index is 0.196. The fourth-order valence-corrected chi connectivity index (χ4v) is 2.78. The molecule has 0 saturated carbocycles. The quantitative estimate of drug-likeness (QED) is 0.861. The highest BCUT2D eigenvalue weighted by Crippen LogP contribution is 2.18. The number of pyridine rings is 1. The van der Waals surface area contributed by atoms with Crippen LogP contribution < -0.4 is 10.2 Å². The van der Waals surface area contributed by atoms with Gasteiger partial charge < -0.3 is 15.3 Å². The largest absolute Gasteiger partial charge is 0.396 e. The van der Waals surface area contributed by atoms with E-state index in [1.54, 1.807) is 0 Å². The molecule has 0 aliphatic carbocycles. The Balaban J connectivity index is 1.54. The summed E-state index contributed by atoms with van der Waals surface area (Å²) in [6, 6.07) is 12.5. The van der Waals surface area contributed by atoms with E-state index in [4.69, 9.17) is 5.11 Å². The van der Waals surface area contributed by atoms with Crippen LogP contribution in [0.4, 0.5) is 11.5 Å². The van der Waals surface area contributed by atoms with E-state index in [1.165, 1.54) is 18.4 Å². The van der Waals surface area contributed by atoms with Gasteiger partial charge in [-0.15, -0.1) is 0 Å². The van der Waals surface area contributed by atoms with Crippen molar-refractivity contribution in [2.45, 2.75) is 25.8 Å². The Morgan fingerprint density at radius 1 is 1.00 bits per heavy atom. The first-order chi connectivity index (χ1) is 10.8. The van der Waals surface area contributed by atoms with Gasteiger partial charge in [-0.1, -0.05) is 18.2 Å². The van der Waals surface area contributed by atoms with Crippen LogP contribution in [0.1, 0.15) is 24.0 Å². The first kappa shape index (κ1) is 14.9. The predicted molar refractivity (Wildman–Crippen MR) is 90.2 cm³/mol. The lowest BCUT2D eigenvalue weighted by Crippen LogP contribution is -2.18. The number of nitrogens with zero attached hydrogens (tertiary/aromatic N) is 2. The number of nitrogens with one attached hydrogen (secondary N) is 1. The van der Waals surface area contributed by atoms with Gasteiger partial charge in [0.05, 0.1) is 0 Å². The molecule has 0 atom stereocenters. The normalized spacial score (nSPS) is 14.3. The number of hydrogen-bond donors (Lipinski definition) is 2. The third-order valence-corrected chi connectivity index (χ3v) is 4.09. The molecule has 116 valence electrons. The van der Waals surface area contributed by atoms with Gasteiger partial charge in [0.1, 0.15) is 5.82 Å². The first-order valence-corrected chi connectivity index (χ1v) is 7.99. The molecule has 4 nitrogen and oxygen atoms in total. The minimum atomic E-state index is 0.196. The zero-order valence-electron chi connectivity index (χ0n) is 12.8. The van der Waals surface area contributed by atoms with Gasteiger partial charge in [0.15, 0.2) is 0 Å². The van der Waals surface area contributed by atoms with Crippen LogP contribution in [0.3, 0.4) is 0 Å². The average molecular weight is 297 g/mol. The lowest BCUT2D eigenvalue weighted by molar-refractivity contribution is 0.299. The number of benzene rings is 1. The Bertz CT molecular complexity index is 574. The Hall–Kier alpha value is -2.07. The van der Waals surface area contributed by atoms with Gasteiger partial charge in [0.25, 0.3) is 0 Å². The van der Waals surface area contributed by atoms with Crippen molar-refractivity contribution in [2.24, 2.45) is 0 Å². The molecule has 2 heterocycles. The molecule has 0 bridgehead atoms. The van der Waals surface area contributed by atoms with Crippen LogP contribution in [-0.2, 0) is 13.0 Å². The molecule has 1 saturated heterocycles.